The number of halogens is 1. The Morgan fingerprint density at radius 2 is 1.97 bits per heavy atom. The number of sulfonamides is 1. The van der Waals surface area contributed by atoms with Gasteiger partial charge < -0.3 is 9.15 Å². The average Bonchev–Trinajstić information content (AvgIpc) is 3.44. The van der Waals surface area contributed by atoms with Crippen molar-refractivity contribution >= 4 is 49.9 Å². The van der Waals surface area contributed by atoms with E-state index in [1.54, 1.807) is 17.5 Å². The molecule has 10 heteroatoms. The minimum absolute atomic E-state index is 0.0190. The molecule has 0 radical (unpaired) electrons. The summed E-state index contributed by atoms with van der Waals surface area (Å²) in [7, 11) is -3.75. The molecule has 4 rings (SSSR count). The molecule has 1 aliphatic rings. The number of fused-ring (bicyclic) bond motifs is 1. The summed E-state index contributed by atoms with van der Waals surface area (Å²) in [6.07, 6.45) is 2.27. The van der Waals surface area contributed by atoms with Gasteiger partial charge in [-0.05, 0) is 48.4 Å². The molecule has 0 saturated carbocycles. The minimum atomic E-state index is -3.75. The first kappa shape index (κ1) is 22.0. The van der Waals surface area contributed by atoms with Crippen LogP contribution in [0.15, 0.2) is 43.8 Å². The second-order valence-corrected chi connectivity index (χ2v) is 10.4. The predicted molar refractivity (Wildman–Crippen MR) is 118 cm³/mol. The molecule has 0 atom stereocenters. The third-order valence-corrected chi connectivity index (χ3v) is 8.55. The van der Waals surface area contributed by atoms with Gasteiger partial charge in [-0.3, -0.25) is 0 Å². The summed E-state index contributed by atoms with van der Waals surface area (Å²) in [4.78, 5) is 24.7. The molecule has 0 unspecified atom stereocenters. The maximum atomic E-state index is 12.9. The second kappa shape index (κ2) is 8.74. The second-order valence-electron chi connectivity index (χ2n) is 7.19. The van der Waals surface area contributed by atoms with E-state index in [0.29, 0.717) is 41.1 Å². The molecule has 2 aromatic heterocycles. The van der Waals surface area contributed by atoms with E-state index >= 15 is 0 Å². The van der Waals surface area contributed by atoms with Gasteiger partial charge in [0.05, 0.1) is 0 Å². The van der Waals surface area contributed by atoms with Gasteiger partial charge in [-0.1, -0.05) is 18.5 Å². The lowest BCUT2D eigenvalue weighted by Gasteiger charge is -2.15. The molecule has 3 aromatic rings. The topological polar surface area (TPSA) is 93.9 Å². The van der Waals surface area contributed by atoms with Crippen LogP contribution in [0.25, 0.3) is 11.0 Å². The number of rotatable bonds is 6. The molecular weight excluding hydrogens is 462 g/mol. The number of carbonyl (C=O) groups excluding carboxylic acids is 1. The fraction of sp³-hybridized carbons (Fsp3) is 0.333. The number of esters is 1. The van der Waals surface area contributed by atoms with Crippen molar-refractivity contribution in [2.24, 2.45) is 0 Å². The van der Waals surface area contributed by atoms with E-state index < -0.39 is 21.6 Å². The SMILES string of the molecule is CCc1cc2oc(=O)cc(COC(=O)c3sccc3S(=O)(=O)N3CCCC3)c2cc1Cl. The number of aryl methyl sites for hydroxylation is 1. The van der Waals surface area contributed by atoms with Gasteiger partial charge in [-0.25, -0.2) is 18.0 Å². The maximum Gasteiger partial charge on any atom is 0.350 e. The fourth-order valence-corrected chi connectivity index (χ4v) is 6.70. The molecule has 1 aliphatic heterocycles. The Balaban J connectivity index is 1.61. The average molecular weight is 482 g/mol. The monoisotopic (exact) mass is 481 g/mol. The standard InChI is InChI=1S/C21H20ClNO6S2/c1-2-13-9-17-15(11-16(13)22)14(10-19(24)29-17)12-28-21(25)20-18(5-8-30-20)31(26,27)23-6-3-4-7-23/h5,8-11H,2-4,6-7,12H2,1H3. The summed E-state index contributed by atoms with van der Waals surface area (Å²) in [6, 6.07) is 6.04. The van der Waals surface area contributed by atoms with Crippen molar-refractivity contribution in [2.45, 2.75) is 37.7 Å². The first-order valence-corrected chi connectivity index (χ1v) is 12.5. The highest BCUT2D eigenvalue weighted by Gasteiger charge is 2.32. The Hall–Kier alpha value is -2.20. The summed E-state index contributed by atoms with van der Waals surface area (Å²) < 4.78 is 37.8. The van der Waals surface area contributed by atoms with E-state index in [0.717, 1.165) is 29.7 Å². The van der Waals surface area contributed by atoms with Gasteiger partial charge in [-0.2, -0.15) is 4.31 Å². The molecule has 1 aromatic carbocycles. The molecule has 0 spiro atoms. The summed E-state index contributed by atoms with van der Waals surface area (Å²) >= 11 is 7.31. The van der Waals surface area contributed by atoms with Crippen molar-refractivity contribution in [1.82, 2.24) is 4.31 Å². The van der Waals surface area contributed by atoms with E-state index in [1.165, 1.54) is 16.4 Å². The number of hydrogen-bond acceptors (Lipinski definition) is 7. The molecule has 164 valence electrons. The van der Waals surface area contributed by atoms with Crippen LogP contribution in [-0.4, -0.2) is 31.8 Å². The summed E-state index contributed by atoms with van der Waals surface area (Å²) in [5, 5.41) is 2.64. The van der Waals surface area contributed by atoms with Crippen molar-refractivity contribution in [3.05, 3.63) is 61.1 Å². The van der Waals surface area contributed by atoms with Crippen LogP contribution in [0.5, 0.6) is 0 Å². The van der Waals surface area contributed by atoms with Crippen LogP contribution < -0.4 is 5.63 Å². The lowest BCUT2D eigenvalue weighted by atomic mass is 10.1. The number of hydrogen-bond donors (Lipinski definition) is 0. The Morgan fingerprint density at radius 3 is 2.68 bits per heavy atom. The van der Waals surface area contributed by atoms with E-state index in [-0.39, 0.29) is 16.4 Å². The summed E-state index contributed by atoms with van der Waals surface area (Å²) in [6.45, 7) is 2.60. The van der Waals surface area contributed by atoms with Gasteiger partial charge in [0.2, 0.25) is 10.0 Å². The zero-order valence-corrected chi connectivity index (χ0v) is 19.1. The van der Waals surface area contributed by atoms with E-state index in [1.807, 2.05) is 6.92 Å². The Kier molecular flexibility index (Phi) is 6.20. The molecule has 3 heterocycles. The third-order valence-electron chi connectivity index (χ3n) is 5.23. The Labute approximate surface area is 188 Å². The highest BCUT2D eigenvalue weighted by atomic mass is 35.5. The zero-order chi connectivity index (χ0) is 22.2. The molecule has 31 heavy (non-hydrogen) atoms. The first-order valence-electron chi connectivity index (χ1n) is 9.81. The fourth-order valence-electron chi connectivity index (χ4n) is 3.60. The number of benzene rings is 1. The quantitative estimate of drug-likeness (QED) is 0.386. The molecule has 1 saturated heterocycles. The van der Waals surface area contributed by atoms with Crippen LogP contribution in [0.4, 0.5) is 0 Å². The van der Waals surface area contributed by atoms with Crippen LogP contribution in [0, 0.1) is 0 Å². The highest BCUT2D eigenvalue weighted by Crippen LogP contribution is 2.30. The molecule has 1 fully saturated rings. The minimum Gasteiger partial charge on any atom is -0.457 e. The van der Waals surface area contributed by atoms with Crippen LogP contribution >= 0.6 is 22.9 Å². The molecular formula is C21H20ClNO6S2. The van der Waals surface area contributed by atoms with Crippen molar-refractivity contribution < 1.29 is 22.4 Å². The maximum absolute atomic E-state index is 12.9. The Bertz CT molecular complexity index is 1310. The molecule has 7 nitrogen and oxygen atoms in total. The van der Waals surface area contributed by atoms with Gasteiger partial charge in [-0.15, -0.1) is 11.3 Å². The van der Waals surface area contributed by atoms with Gasteiger partial charge in [0.25, 0.3) is 0 Å². The lowest BCUT2D eigenvalue weighted by molar-refractivity contribution is 0.0475. The van der Waals surface area contributed by atoms with E-state index in [4.69, 9.17) is 20.8 Å². The molecule has 0 aliphatic carbocycles. The molecule has 0 N–H and O–H groups in total. The van der Waals surface area contributed by atoms with Gasteiger partial charge in [0, 0.05) is 35.1 Å². The van der Waals surface area contributed by atoms with Gasteiger partial charge in [0.1, 0.15) is 22.0 Å². The van der Waals surface area contributed by atoms with Crippen molar-refractivity contribution in [1.29, 1.82) is 0 Å². The van der Waals surface area contributed by atoms with Crippen molar-refractivity contribution in [2.75, 3.05) is 13.1 Å². The van der Waals surface area contributed by atoms with Crippen molar-refractivity contribution in [3.63, 3.8) is 0 Å². The van der Waals surface area contributed by atoms with Crippen LogP contribution in [0.1, 0.15) is 40.6 Å². The van der Waals surface area contributed by atoms with E-state index in [2.05, 4.69) is 0 Å². The Morgan fingerprint density at radius 1 is 1.23 bits per heavy atom. The zero-order valence-electron chi connectivity index (χ0n) is 16.7. The van der Waals surface area contributed by atoms with Crippen molar-refractivity contribution in [3.8, 4) is 0 Å². The number of ether oxygens (including phenoxy) is 1. The van der Waals surface area contributed by atoms with Gasteiger partial charge in [0.15, 0.2) is 0 Å². The number of thiophene rings is 1. The number of nitrogens with zero attached hydrogens (tertiary/aromatic N) is 1. The molecule has 0 bridgehead atoms. The predicted octanol–water partition coefficient (Wildman–Crippen LogP) is 4.21. The lowest BCUT2D eigenvalue weighted by Crippen LogP contribution is -2.28. The molecule has 0 amide bonds. The first-order chi connectivity index (χ1) is 14.8. The summed E-state index contributed by atoms with van der Waals surface area (Å²) in [5.74, 6) is -0.759. The van der Waals surface area contributed by atoms with E-state index in [9.17, 15) is 18.0 Å². The van der Waals surface area contributed by atoms with Gasteiger partial charge >= 0.3 is 11.6 Å². The number of carbonyl (C=O) groups is 1. The van der Waals surface area contributed by atoms with Crippen LogP contribution in [0.2, 0.25) is 5.02 Å². The van der Waals surface area contributed by atoms with Crippen LogP contribution in [-0.2, 0) is 27.8 Å². The normalized spacial score (nSPS) is 14.9. The highest BCUT2D eigenvalue weighted by molar-refractivity contribution is 7.89. The third kappa shape index (κ3) is 4.27. The smallest absolute Gasteiger partial charge is 0.350 e. The largest absolute Gasteiger partial charge is 0.457 e. The summed E-state index contributed by atoms with van der Waals surface area (Å²) in [5.41, 5.74) is 1.05. The van der Waals surface area contributed by atoms with Crippen LogP contribution in [0.3, 0.4) is 0 Å².